The Morgan fingerprint density at radius 3 is 3.11 bits per heavy atom. The highest BCUT2D eigenvalue weighted by Gasteiger charge is 2.04. The van der Waals surface area contributed by atoms with Crippen molar-refractivity contribution in [3.63, 3.8) is 0 Å². The van der Waals surface area contributed by atoms with Crippen LogP contribution in [0.25, 0.3) is 4.96 Å². The van der Waals surface area contributed by atoms with Crippen LogP contribution < -0.4 is 10.6 Å². The number of amides is 1. The van der Waals surface area contributed by atoms with Crippen LogP contribution in [-0.4, -0.2) is 28.4 Å². The lowest BCUT2D eigenvalue weighted by Crippen LogP contribution is -2.35. The summed E-state index contributed by atoms with van der Waals surface area (Å²) in [6, 6.07) is 0. The van der Waals surface area contributed by atoms with Crippen LogP contribution in [0.15, 0.2) is 17.8 Å². The molecule has 98 valence electrons. The van der Waals surface area contributed by atoms with E-state index in [0.717, 1.165) is 17.2 Å². The van der Waals surface area contributed by atoms with E-state index in [1.807, 2.05) is 22.2 Å². The average Bonchev–Trinajstić information content (AvgIpc) is 2.86. The first-order valence-corrected chi connectivity index (χ1v) is 6.91. The van der Waals surface area contributed by atoms with E-state index in [2.05, 4.69) is 29.5 Å². The second kappa shape index (κ2) is 5.97. The van der Waals surface area contributed by atoms with Crippen molar-refractivity contribution in [2.75, 3.05) is 13.1 Å². The SMILES string of the molecule is CC(C)CNC(=O)CNCc1cn2ccsc2n1. The van der Waals surface area contributed by atoms with Gasteiger partial charge in [0.05, 0.1) is 12.2 Å². The van der Waals surface area contributed by atoms with E-state index >= 15 is 0 Å². The zero-order valence-corrected chi connectivity index (χ0v) is 11.5. The van der Waals surface area contributed by atoms with E-state index in [4.69, 9.17) is 0 Å². The summed E-state index contributed by atoms with van der Waals surface area (Å²) in [5.41, 5.74) is 0.957. The molecule has 18 heavy (non-hydrogen) atoms. The second-order valence-electron chi connectivity index (χ2n) is 4.63. The zero-order chi connectivity index (χ0) is 13.0. The molecule has 0 radical (unpaired) electrons. The molecule has 2 aromatic heterocycles. The van der Waals surface area contributed by atoms with E-state index in [1.54, 1.807) is 11.3 Å². The van der Waals surface area contributed by atoms with Gasteiger partial charge in [0.2, 0.25) is 5.91 Å². The van der Waals surface area contributed by atoms with Gasteiger partial charge in [-0.05, 0) is 5.92 Å². The van der Waals surface area contributed by atoms with E-state index in [-0.39, 0.29) is 5.91 Å². The van der Waals surface area contributed by atoms with Gasteiger partial charge in [0.1, 0.15) is 0 Å². The van der Waals surface area contributed by atoms with Gasteiger partial charge in [-0.25, -0.2) is 4.98 Å². The predicted octanol–water partition coefficient (Wildman–Crippen LogP) is 1.26. The quantitative estimate of drug-likeness (QED) is 0.827. The number of nitrogens with one attached hydrogen (secondary N) is 2. The third kappa shape index (κ3) is 3.54. The third-order valence-corrected chi connectivity index (χ3v) is 3.21. The number of carbonyl (C=O) groups excluding carboxylic acids is 1. The van der Waals surface area contributed by atoms with Crippen molar-refractivity contribution in [1.29, 1.82) is 0 Å². The number of nitrogens with zero attached hydrogens (tertiary/aromatic N) is 2. The number of rotatable bonds is 6. The van der Waals surface area contributed by atoms with Crippen LogP contribution in [-0.2, 0) is 11.3 Å². The highest BCUT2D eigenvalue weighted by Crippen LogP contribution is 2.10. The molecule has 2 N–H and O–H groups in total. The standard InChI is InChI=1S/C12H18N4OS/c1-9(2)5-14-11(17)7-13-6-10-8-16-3-4-18-12(16)15-10/h3-4,8-9,13H,5-7H2,1-2H3,(H,14,17). The fraction of sp³-hybridized carbons (Fsp3) is 0.500. The largest absolute Gasteiger partial charge is 0.355 e. The van der Waals surface area contributed by atoms with Gasteiger partial charge in [0, 0.05) is 30.9 Å². The van der Waals surface area contributed by atoms with Crippen molar-refractivity contribution in [2.45, 2.75) is 20.4 Å². The molecule has 2 rings (SSSR count). The van der Waals surface area contributed by atoms with Crippen LogP contribution in [0.5, 0.6) is 0 Å². The number of fused-ring (bicyclic) bond motifs is 1. The maximum atomic E-state index is 11.5. The maximum Gasteiger partial charge on any atom is 0.233 e. The van der Waals surface area contributed by atoms with Crippen LogP contribution >= 0.6 is 11.3 Å². The maximum absolute atomic E-state index is 11.5. The number of thiazole rings is 1. The molecule has 0 aliphatic heterocycles. The van der Waals surface area contributed by atoms with Crippen LogP contribution in [0.3, 0.4) is 0 Å². The summed E-state index contributed by atoms with van der Waals surface area (Å²) in [7, 11) is 0. The Morgan fingerprint density at radius 1 is 1.56 bits per heavy atom. The number of imidazole rings is 1. The Morgan fingerprint density at radius 2 is 2.39 bits per heavy atom. The van der Waals surface area contributed by atoms with Crippen molar-refractivity contribution < 1.29 is 4.79 Å². The third-order valence-electron chi connectivity index (χ3n) is 2.44. The second-order valence-corrected chi connectivity index (χ2v) is 5.50. The van der Waals surface area contributed by atoms with Gasteiger partial charge >= 0.3 is 0 Å². The minimum Gasteiger partial charge on any atom is -0.355 e. The molecule has 0 aliphatic rings. The molecular formula is C12H18N4OS. The minimum absolute atomic E-state index is 0.0321. The van der Waals surface area contributed by atoms with Crippen molar-refractivity contribution in [3.05, 3.63) is 23.5 Å². The number of aromatic nitrogens is 2. The normalized spacial score (nSPS) is 11.3. The van der Waals surface area contributed by atoms with Gasteiger partial charge in [-0.3, -0.25) is 9.20 Å². The first kappa shape index (κ1) is 13.0. The molecule has 0 saturated carbocycles. The Hall–Kier alpha value is -1.40. The van der Waals surface area contributed by atoms with Crippen molar-refractivity contribution in [3.8, 4) is 0 Å². The average molecular weight is 266 g/mol. The first-order valence-electron chi connectivity index (χ1n) is 6.03. The molecule has 2 aromatic rings. The van der Waals surface area contributed by atoms with Crippen LogP contribution in [0.2, 0.25) is 0 Å². The van der Waals surface area contributed by atoms with Crippen molar-refractivity contribution >= 4 is 22.2 Å². The highest BCUT2D eigenvalue weighted by atomic mass is 32.1. The molecule has 2 heterocycles. The fourth-order valence-corrected chi connectivity index (χ4v) is 2.26. The number of carbonyl (C=O) groups is 1. The lowest BCUT2D eigenvalue weighted by atomic mass is 10.2. The molecule has 1 amide bonds. The summed E-state index contributed by atoms with van der Waals surface area (Å²) < 4.78 is 1.99. The summed E-state index contributed by atoms with van der Waals surface area (Å²) in [6.45, 7) is 5.82. The van der Waals surface area contributed by atoms with Crippen LogP contribution in [0.1, 0.15) is 19.5 Å². The van der Waals surface area contributed by atoms with E-state index in [9.17, 15) is 4.79 Å². The van der Waals surface area contributed by atoms with E-state index in [0.29, 0.717) is 19.0 Å². The molecule has 5 nitrogen and oxygen atoms in total. The molecule has 6 heteroatoms. The Kier molecular flexibility index (Phi) is 4.33. The first-order chi connectivity index (χ1) is 8.65. The van der Waals surface area contributed by atoms with E-state index in [1.165, 1.54) is 0 Å². The van der Waals surface area contributed by atoms with Gasteiger partial charge in [-0.1, -0.05) is 13.8 Å². The molecular weight excluding hydrogens is 248 g/mol. The Bertz CT molecular complexity index is 488. The van der Waals surface area contributed by atoms with Gasteiger partial charge < -0.3 is 10.6 Å². The Balaban J connectivity index is 1.72. The lowest BCUT2D eigenvalue weighted by molar-refractivity contribution is -0.120. The summed E-state index contributed by atoms with van der Waals surface area (Å²) in [6.07, 6.45) is 3.96. The molecule has 0 bridgehead atoms. The molecule has 0 aromatic carbocycles. The monoisotopic (exact) mass is 266 g/mol. The topological polar surface area (TPSA) is 58.4 Å². The molecule has 0 unspecified atom stereocenters. The minimum atomic E-state index is 0.0321. The van der Waals surface area contributed by atoms with Crippen LogP contribution in [0.4, 0.5) is 0 Å². The summed E-state index contributed by atoms with van der Waals surface area (Å²) >= 11 is 1.60. The van der Waals surface area contributed by atoms with Gasteiger partial charge in [0.25, 0.3) is 0 Å². The summed E-state index contributed by atoms with van der Waals surface area (Å²) in [4.78, 5) is 16.9. The zero-order valence-electron chi connectivity index (χ0n) is 10.6. The predicted molar refractivity (Wildman–Crippen MR) is 72.6 cm³/mol. The Labute approximate surface area is 110 Å². The van der Waals surface area contributed by atoms with E-state index < -0.39 is 0 Å². The molecule has 0 spiro atoms. The smallest absolute Gasteiger partial charge is 0.233 e. The summed E-state index contributed by atoms with van der Waals surface area (Å²) in [5, 5.41) is 7.96. The lowest BCUT2D eigenvalue weighted by Gasteiger charge is -2.07. The van der Waals surface area contributed by atoms with Crippen molar-refractivity contribution in [1.82, 2.24) is 20.0 Å². The molecule has 0 aliphatic carbocycles. The van der Waals surface area contributed by atoms with Crippen LogP contribution in [0, 0.1) is 5.92 Å². The van der Waals surface area contributed by atoms with Gasteiger partial charge in [-0.15, -0.1) is 11.3 Å². The fourth-order valence-electron chi connectivity index (χ4n) is 1.55. The molecule has 0 atom stereocenters. The number of hydrogen-bond acceptors (Lipinski definition) is 4. The number of hydrogen-bond donors (Lipinski definition) is 2. The van der Waals surface area contributed by atoms with Crippen molar-refractivity contribution in [2.24, 2.45) is 5.92 Å². The highest BCUT2D eigenvalue weighted by molar-refractivity contribution is 7.15. The van der Waals surface area contributed by atoms with Gasteiger partial charge in [-0.2, -0.15) is 0 Å². The molecule has 0 saturated heterocycles. The molecule has 0 fully saturated rings. The van der Waals surface area contributed by atoms with Gasteiger partial charge in [0.15, 0.2) is 4.96 Å². The summed E-state index contributed by atoms with van der Waals surface area (Å²) in [5.74, 6) is 0.513.